The number of benzene rings is 2. The third-order valence-corrected chi connectivity index (χ3v) is 3.22. The number of rotatable bonds is 4. The molecule has 1 aromatic heterocycles. The molecule has 4 heteroatoms. The first-order valence-electron chi connectivity index (χ1n) is 6.75. The first-order chi connectivity index (χ1) is 10.3. The number of fused-ring (bicyclic) bond motifs is 1. The van der Waals surface area contributed by atoms with E-state index in [2.05, 4.69) is 21.4 Å². The van der Waals surface area contributed by atoms with E-state index in [9.17, 15) is 0 Å². The molecule has 0 aliphatic heterocycles. The van der Waals surface area contributed by atoms with Crippen LogP contribution in [0.2, 0.25) is 0 Å². The maximum absolute atomic E-state index is 8.76. The number of aromatic nitrogens is 2. The Morgan fingerprint density at radius 1 is 0.952 bits per heavy atom. The predicted molar refractivity (Wildman–Crippen MR) is 81.2 cm³/mol. The normalized spacial score (nSPS) is 10.4. The van der Waals surface area contributed by atoms with Crippen molar-refractivity contribution < 1.29 is 0 Å². The second-order valence-corrected chi connectivity index (χ2v) is 4.76. The van der Waals surface area contributed by atoms with Crippen LogP contribution >= 0.6 is 0 Å². The molecule has 2 aromatic carbocycles. The fourth-order valence-electron chi connectivity index (χ4n) is 2.11. The van der Waals surface area contributed by atoms with Crippen LogP contribution in [-0.4, -0.2) is 9.97 Å². The van der Waals surface area contributed by atoms with Crippen molar-refractivity contribution in [3.8, 4) is 6.07 Å². The molecule has 0 aliphatic rings. The van der Waals surface area contributed by atoms with E-state index in [-0.39, 0.29) is 0 Å². The second kappa shape index (κ2) is 6.12. The highest BCUT2D eigenvalue weighted by Gasteiger charge is 1.99. The molecule has 0 saturated carbocycles. The van der Waals surface area contributed by atoms with Gasteiger partial charge in [-0.15, -0.1) is 0 Å². The number of hydrogen-bond donors (Lipinski definition) is 1. The molecule has 102 valence electrons. The van der Waals surface area contributed by atoms with Crippen molar-refractivity contribution in [3.63, 3.8) is 0 Å². The van der Waals surface area contributed by atoms with Gasteiger partial charge in [0.2, 0.25) is 0 Å². The number of hydrogen-bond acceptors (Lipinski definition) is 4. The summed E-state index contributed by atoms with van der Waals surface area (Å²) in [5, 5.41) is 12.1. The fraction of sp³-hybridized carbons (Fsp3) is 0.118. The Bertz CT molecular complexity index is 788. The van der Waals surface area contributed by atoms with Gasteiger partial charge in [0.25, 0.3) is 0 Å². The Balaban J connectivity index is 1.62. The smallest absolute Gasteiger partial charge is 0.0991 e. The Morgan fingerprint density at radius 3 is 2.48 bits per heavy atom. The molecule has 3 aromatic rings. The van der Waals surface area contributed by atoms with Crippen LogP contribution in [0, 0.1) is 11.3 Å². The molecule has 0 aliphatic carbocycles. The molecule has 1 N–H and O–H groups in total. The fourth-order valence-corrected chi connectivity index (χ4v) is 2.11. The van der Waals surface area contributed by atoms with Crippen LogP contribution in [0.15, 0.2) is 54.7 Å². The maximum Gasteiger partial charge on any atom is 0.0991 e. The molecule has 0 radical (unpaired) electrons. The van der Waals surface area contributed by atoms with Gasteiger partial charge in [0, 0.05) is 13.1 Å². The summed E-state index contributed by atoms with van der Waals surface area (Å²) in [4.78, 5) is 8.96. The lowest BCUT2D eigenvalue weighted by Crippen LogP contribution is -2.14. The van der Waals surface area contributed by atoms with Crippen LogP contribution in [0.4, 0.5) is 0 Å². The number of nitrogens with zero attached hydrogens (tertiary/aromatic N) is 3. The molecule has 0 bridgehead atoms. The van der Waals surface area contributed by atoms with E-state index in [1.807, 2.05) is 48.5 Å². The minimum atomic E-state index is 0.665. The summed E-state index contributed by atoms with van der Waals surface area (Å²) in [5.41, 5.74) is 4.56. The molecule has 0 atom stereocenters. The van der Waals surface area contributed by atoms with Crippen molar-refractivity contribution in [2.75, 3.05) is 0 Å². The van der Waals surface area contributed by atoms with Crippen LogP contribution in [0.5, 0.6) is 0 Å². The Hall–Kier alpha value is -2.77. The lowest BCUT2D eigenvalue weighted by Gasteiger charge is -2.05. The maximum atomic E-state index is 8.76. The Kier molecular flexibility index (Phi) is 3.85. The van der Waals surface area contributed by atoms with Crippen molar-refractivity contribution >= 4 is 11.0 Å². The van der Waals surface area contributed by atoms with Crippen molar-refractivity contribution in [3.05, 3.63) is 71.5 Å². The molecule has 21 heavy (non-hydrogen) atoms. The number of nitrogens with one attached hydrogen (secondary N) is 1. The van der Waals surface area contributed by atoms with Crippen molar-refractivity contribution in [2.24, 2.45) is 0 Å². The number of nitriles is 1. The third kappa shape index (κ3) is 3.22. The highest BCUT2D eigenvalue weighted by atomic mass is 14.9. The summed E-state index contributed by atoms with van der Waals surface area (Å²) in [6.45, 7) is 1.40. The van der Waals surface area contributed by atoms with E-state index < -0.39 is 0 Å². The minimum Gasteiger partial charge on any atom is -0.307 e. The van der Waals surface area contributed by atoms with E-state index in [4.69, 9.17) is 5.26 Å². The van der Waals surface area contributed by atoms with Gasteiger partial charge in [-0.25, -0.2) is 4.98 Å². The largest absolute Gasteiger partial charge is 0.307 e. The highest BCUT2D eigenvalue weighted by molar-refractivity contribution is 5.73. The van der Waals surface area contributed by atoms with Gasteiger partial charge in [-0.2, -0.15) is 5.26 Å². The zero-order chi connectivity index (χ0) is 14.5. The topological polar surface area (TPSA) is 61.6 Å². The van der Waals surface area contributed by atoms with Crippen LogP contribution < -0.4 is 5.32 Å². The molecule has 0 amide bonds. The molecule has 0 fully saturated rings. The molecular formula is C17H14N4. The van der Waals surface area contributed by atoms with E-state index in [0.717, 1.165) is 28.8 Å². The standard InChI is InChI=1S/C17H14N4/c18-9-13-5-7-14(8-6-13)10-19-11-15-12-20-16-3-1-2-4-17(16)21-15/h1-8,12,19H,10-11H2. The zero-order valence-electron chi connectivity index (χ0n) is 11.5. The van der Waals surface area contributed by atoms with Gasteiger partial charge in [-0.1, -0.05) is 24.3 Å². The van der Waals surface area contributed by atoms with Gasteiger partial charge < -0.3 is 5.32 Å². The lowest BCUT2D eigenvalue weighted by atomic mass is 10.1. The van der Waals surface area contributed by atoms with Gasteiger partial charge >= 0.3 is 0 Å². The average molecular weight is 274 g/mol. The first kappa shape index (κ1) is 13.2. The van der Waals surface area contributed by atoms with Crippen molar-refractivity contribution in [2.45, 2.75) is 13.1 Å². The molecule has 3 rings (SSSR count). The van der Waals surface area contributed by atoms with Crippen molar-refractivity contribution in [1.82, 2.24) is 15.3 Å². The molecule has 4 nitrogen and oxygen atoms in total. The van der Waals surface area contributed by atoms with Crippen LogP contribution in [0.3, 0.4) is 0 Å². The summed E-state index contributed by atoms with van der Waals surface area (Å²) >= 11 is 0. The summed E-state index contributed by atoms with van der Waals surface area (Å²) in [7, 11) is 0. The third-order valence-electron chi connectivity index (χ3n) is 3.22. The first-order valence-corrected chi connectivity index (χ1v) is 6.75. The van der Waals surface area contributed by atoms with Crippen molar-refractivity contribution in [1.29, 1.82) is 5.26 Å². The lowest BCUT2D eigenvalue weighted by molar-refractivity contribution is 0.679. The molecule has 0 unspecified atom stereocenters. The quantitative estimate of drug-likeness (QED) is 0.794. The van der Waals surface area contributed by atoms with Crippen LogP contribution in [0.25, 0.3) is 11.0 Å². The van der Waals surface area contributed by atoms with E-state index in [0.29, 0.717) is 12.1 Å². The minimum absolute atomic E-state index is 0.665. The monoisotopic (exact) mass is 274 g/mol. The average Bonchev–Trinajstić information content (AvgIpc) is 2.55. The van der Waals surface area contributed by atoms with E-state index >= 15 is 0 Å². The summed E-state index contributed by atoms with van der Waals surface area (Å²) in [6, 6.07) is 17.5. The highest BCUT2D eigenvalue weighted by Crippen LogP contribution is 2.08. The SMILES string of the molecule is N#Cc1ccc(CNCc2cnc3ccccc3n2)cc1. The molecule has 0 saturated heterocycles. The van der Waals surface area contributed by atoms with E-state index in [1.165, 1.54) is 0 Å². The van der Waals surface area contributed by atoms with Crippen LogP contribution in [-0.2, 0) is 13.1 Å². The Morgan fingerprint density at radius 2 is 1.71 bits per heavy atom. The molecule has 0 spiro atoms. The van der Waals surface area contributed by atoms with Crippen LogP contribution in [0.1, 0.15) is 16.8 Å². The zero-order valence-corrected chi connectivity index (χ0v) is 11.5. The van der Waals surface area contributed by atoms with E-state index in [1.54, 1.807) is 6.20 Å². The summed E-state index contributed by atoms with van der Waals surface area (Å²) in [6.07, 6.45) is 1.80. The summed E-state index contributed by atoms with van der Waals surface area (Å²) < 4.78 is 0. The molecule has 1 heterocycles. The number of para-hydroxylation sites is 2. The van der Waals surface area contributed by atoms with Gasteiger partial charge in [0.05, 0.1) is 34.6 Å². The van der Waals surface area contributed by atoms with Gasteiger partial charge in [-0.05, 0) is 29.8 Å². The Labute approximate surface area is 123 Å². The van der Waals surface area contributed by atoms with Gasteiger partial charge in [-0.3, -0.25) is 4.98 Å². The second-order valence-electron chi connectivity index (χ2n) is 4.76. The summed E-state index contributed by atoms with van der Waals surface area (Å²) in [5.74, 6) is 0. The van der Waals surface area contributed by atoms with Gasteiger partial charge in [0.1, 0.15) is 0 Å². The predicted octanol–water partition coefficient (Wildman–Crippen LogP) is 2.79. The molecular weight excluding hydrogens is 260 g/mol. The van der Waals surface area contributed by atoms with Gasteiger partial charge in [0.15, 0.2) is 0 Å².